The highest BCUT2D eigenvalue weighted by atomic mass is 19.1. The van der Waals surface area contributed by atoms with Crippen molar-refractivity contribution < 1.29 is 14.0 Å². The molecule has 0 bridgehead atoms. The number of aromatic nitrogens is 2. The van der Waals surface area contributed by atoms with E-state index < -0.39 is 17.8 Å². The van der Waals surface area contributed by atoms with E-state index in [1.807, 2.05) is 6.92 Å². The van der Waals surface area contributed by atoms with Gasteiger partial charge in [-0.3, -0.25) is 9.59 Å². The fourth-order valence-electron chi connectivity index (χ4n) is 3.51. The smallest absolute Gasteiger partial charge is 0.321 e. The summed E-state index contributed by atoms with van der Waals surface area (Å²) < 4.78 is 14.7. The minimum atomic E-state index is -0.751. The third-order valence-electron chi connectivity index (χ3n) is 5.34. The Labute approximate surface area is 189 Å². The zero-order valence-corrected chi connectivity index (χ0v) is 18.3. The molecule has 3 aromatic rings. The molecule has 0 aliphatic carbocycles. The minimum absolute atomic E-state index is 0.277. The van der Waals surface area contributed by atoms with E-state index in [1.165, 1.54) is 53.2 Å². The largest absolute Gasteiger partial charge is 0.327 e. The van der Waals surface area contributed by atoms with Gasteiger partial charge in [-0.2, -0.15) is 9.78 Å². The van der Waals surface area contributed by atoms with Crippen LogP contribution in [0, 0.1) is 19.7 Å². The molecule has 1 aliphatic heterocycles. The number of carbonyl (C=O) groups excluding carboxylic acids is 2. The molecule has 1 unspecified atom stereocenters. The first kappa shape index (κ1) is 21.9. The molecule has 0 fully saturated rings. The van der Waals surface area contributed by atoms with Gasteiger partial charge >= 0.3 is 6.03 Å². The number of benzene rings is 2. The van der Waals surface area contributed by atoms with E-state index in [1.54, 1.807) is 31.2 Å². The van der Waals surface area contributed by atoms with Crippen molar-refractivity contribution in [3.63, 3.8) is 0 Å². The van der Waals surface area contributed by atoms with Gasteiger partial charge in [0.2, 0.25) is 0 Å². The lowest BCUT2D eigenvalue weighted by Gasteiger charge is -2.30. The summed E-state index contributed by atoms with van der Waals surface area (Å²) in [5, 5.41) is 9.89. The van der Waals surface area contributed by atoms with Crippen molar-refractivity contribution in [1.82, 2.24) is 20.0 Å². The lowest BCUT2D eigenvalue weighted by Crippen LogP contribution is -2.44. The highest BCUT2D eigenvalue weighted by Gasteiger charge is 2.30. The third-order valence-corrected chi connectivity index (χ3v) is 5.34. The van der Waals surface area contributed by atoms with Crippen molar-refractivity contribution in [2.45, 2.75) is 19.9 Å². The first-order chi connectivity index (χ1) is 15.7. The van der Waals surface area contributed by atoms with Crippen LogP contribution in [0.15, 0.2) is 71.2 Å². The topological polar surface area (TPSA) is 96.3 Å². The molecule has 0 radical (unpaired) electrons. The van der Waals surface area contributed by atoms with E-state index >= 15 is 0 Å². The lowest BCUT2D eigenvalue weighted by molar-refractivity contribution is -0.113. The van der Waals surface area contributed by atoms with E-state index in [0.717, 1.165) is 5.56 Å². The normalized spacial score (nSPS) is 15.6. The van der Waals surface area contributed by atoms with Crippen LogP contribution in [0.4, 0.5) is 14.9 Å². The van der Waals surface area contributed by atoms with Gasteiger partial charge in [0.1, 0.15) is 5.82 Å². The Morgan fingerprint density at radius 2 is 1.79 bits per heavy atom. The summed E-state index contributed by atoms with van der Waals surface area (Å²) >= 11 is 0. The number of amides is 3. The second kappa shape index (κ2) is 8.70. The second-order valence-electron chi connectivity index (χ2n) is 7.81. The molecule has 9 heteroatoms. The summed E-state index contributed by atoms with van der Waals surface area (Å²) in [6, 6.07) is 12.7. The molecule has 33 heavy (non-hydrogen) atoms. The molecule has 8 nitrogen and oxygen atoms in total. The van der Waals surface area contributed by atoms with Gasteiger partial charge in [0, 0.05) is 25.0 Å². The van der Waals surface area contributed by atoms with Crippen molar-refractivity contribution in [3.8, 4) is 5.69 Å². The molecule has 4 rings (SSSR count). The highest BCUT2D eigenvalue weighted by Crippen LogP contribution is 2.28. The van der Waals surface area contributed by atoms with Crippen LogP contribution in [0.5, 0.6) is 0 Å². The first-order valence-electron chi connectivity index (χ1n) is 10.2. The van der Waals surface area contributed by atoms with E-state index in [-0.39, 0.29) is 17.2 Å². The summed E-state index contributed by atoms with van der Waals surface area (Å²) in [4.78, 5) is 39.0. The van der Waals surface area contributed by atoms with Crippen molar-refractivity contribution in [3.05, 3.63) is 99.4 Å². The number of rotatable bonds is 4. The average molecular weight is 447 g/mol. The zero-order chi connectivity index (χ0) is 23.7. The maximum atomic E-state index is 13.4. The Hall–Kier alpha value is -4.27. The predicted molar refractivity (Wildman–Crippen MR) is 121 cm³/mol. The minimum Gasteiger partial charge on any atom is -0.327 e. The van der Waals surface area contributed by atoms with Crippen LogP contribution in [0.1, 0.15) is 22.9 Å². The quantitative estimate of drug-likeness (QED) is 0.642. The van der Waals surface area contributed by atoms with Crippen LogP contribution in [-0.2, 0) is 4.79 Å². The molecule has 2 N–H and O–H groups in total. The number of urea groups is 1. The maximum Gasteiger partial charge on any atom is 0.321 e. The van der Waals surface area contributed by atoms with E-state index in [0.29, 0.717) is 22.6 Å². The van der Waals surface area contributed by atoms with Gasteiger partial charge in [-0.25, -0.2) is 9.18 Å². The second-order valence-corrected chi connectivity index (χ2v) is 7.81. The van der Waals surface area contributed by atoms with Gasteiger partial charge in [0.25, 0.3) is 11.5 Å². The Morgan fingerprint density at radius 3 is 2.52 bits per heavy atom. The van der Waals surface area contributed by atoms with Gasteiger partial charge in [0.05, 0.1) is 23.0 Å². The molecule has 168 valence electrons. The summed E-state index contributed by atoms with van der Waals surface area (Å²) in [7, 11) is 1.53. The number of carbonyl (C=O) groups is 2. The Balaban J connectivity index is 1.68. The number of nitrogens with zero attached hydrogens (tertiary/aromatic N) is 3. The SMILES string of the molecule is Cc1ccc(=O)n(-c2ccc(C)c(NC(=O)C3=CN(C)C(=O)NC3c3ccc(F)cc3)c2)n1. The fraction of sp³-hybridized carbons (Fsp3) is 0.167. The Bertz CT molecular complexity index is 1330. The van der Waals surface area contributed by atoms with Crippen molar-refractivity contribution in [1.29, 1.82) is 0 Å². The monoisotopic (exact) mass is 447 g/mol. The molecule has 1 atom stereocenters. The molecule has 3 amide bonds. The predicted octanol–water partition coefficient (Wildman–Crippen LogP) is 3.21. The molecule has 2 aromatic carbocycles. The summed E-state index contributed by atoms with van der Waals surface area (Å²) in [5.74, 6) is -0.860. The summed E-state index contributed by atoms with van der Waals surface area (Å²) in [6.45, 7) is 3.61. The van der Waals surface area contributed by atoms with E-state index in [4.69, 9.17) is 0 Å². The summed E-state index contributed by atoms with van der Waals surface area (Å²) in [5.41, 5.74) is 3.00. The number of hydrogen-bond acceptors (Lipinski definition) is 4. The van der Waals surface area contributed by atoms with Gasteiger partial charge in [-0.05, 0) is 55.3 Å². The van der Waals surface area contributed by atoms with E-state index in [9.17, 15) is 18.8 Å². The van der Waals surface area contributed by atoms with Crippen LogP contribution in [0.25, 0.3) is 5.69 Å². The number of aryl methyl sites for hydroxylation is 2. The lowest BCUT2D eigenvalue weighted by atomic mass is 9.97. The van der Waals surface area contributed by atoms with Gasteiger partial charge in [-0.15, -0.1) is 0 Å². The highest BCUT2D eigenvalue weighted by molar-refractivity contribution is 6.06. The van der Waals surface area contributed by atoms with Crippen LogP contribution < -0.4 is 16.2 Å². The number of nitrogens with one attached hydrogen (secondary N) is 2. The van der Waals surface area contributed by atoms with Crippen LogP contribution in [-0.4, -0.2) is 33.7 Å². The van der Waals surface area contributed by atoms with Crippen LogP contribution in [0.3, 0.4) is 0 Å². The fourth-order valence-corrected chi connectivity index (χ4v) is 3.51. The molecule has 0 spiro atoms. The molecule has 1 aliphatic rings. The number of hydrogen-bond donors (Lipinski definition) is 2. The molecule has 1 aromatic heterocycles. The zero-order valence-electron chi connectivity index (χ0n) is 18.3. The van der Waals surface area contributed by atoms with E-state index in [2.05, 4.69) is 15.7 Å². The Morgan fingerprint density at radius 1 is 1.06 bits per heavy atom. The Kier molecular flexibility index (Phi) is 5.78. The first-order valence-corrected chi connectivity index (χ1v) is 10.2. The third kappa shape index (κ3) is 4.52. The van der Waals surface area contributed by atoms with Crippen molar-refractivity contribution in [2.75, 3.05) is 12.4 Å². The molecular weight excluding hydrogens is 425 g/mol. The van der Waals surface area contributed by atoms with Crippen molar-refractivity contribution >= 4 is 17.6 Å². The van der Waals surface area contributed by atoms with Crippen molar-refractivity contribution in [2.24, 2.45) is 0 Å². The average Bonchev–Trinajstić information content (AvgIpc) is 2.79. The van der Waals surface area contributed by atoms with Crippen LogP contribution >= 0.6 is 0 Å². The van der Waals surface area contributed by atoms with Gasteiger partial charge < -0.3 is 15.5 Å². The van der Waals surface area contributed by atoms with Gasteiger partial charge in [-0.1, -0.05) is 18.2 Å². The number of anilines is 1. The standard InChI is InChI=1S/C24H22FN5O3/c1-14-4-10-18(30-21(31)11-5-15(2)28-30)12-20(14)26-23(32)19-13-29(3)24(33)27-22(19)16-6-8-17(25)9-7-16/h4-13,22H,1-3H3,(H,26,32)(H,27,33). The molecule has 2 heterocycles. The molecule has 0 saturated heterocycles. The summed E-state index contributed by atoms with van der Waals surface area (Å²) in [6.07, 6.45) is 1.45. The number of halogens is 1. The molecular formula is C24H22FN5O3. The maximum absolute atomic E-state index is 13.4. The van der Waals surface area contributed by atoms with Gasteiger partial charge in [0.15, 0.2) is 0 Å². The molecule has 0 saturated carbocycles. The van der Waals surface area contributed by atoms with Crippen LogP contribution in [0.2, 0.25) is 0 Å².